The molecule has 1 heterocycles. The Morgan fingerprint density at radius 3 is 2.89 bits per heavy atom. The second kappa shape index (κ2) is 6.43. The largest absolute Gasteiger partial charge is 0.390 e. The number of aromatic nitrogens is 3. The van der Waals surface area contributed by atoms with E-state index in [-0.39, 0.29) is 12.4 Å². The van der Waals surface area contributed by atoms with E-state index in [2.05, 4.69) is 17.2 Å². The van der Waals surface area contributed by atoms with E-state index in [9.17, 15) is 9.50 Å². The summed E-state index contributed by atoms with van der Waals surface area (Å²) in [5.41, 5.74) is 2.39. The lowest BCUT2D eigenvalue weighted by Gasteiger charge is -2.07. The normalized spacial score (nSPS) is 10.9. The van der Waals surface area contributed by atoms with Gasteiger partial charge in [-0.3, -0.25) is 0 Å². The van der Waals surface area contributed by atoms with Gasteiger partial charge in [0.1, 0.15) is 11.5 Å². The molecule has 0 amide bonds. The van der Waals surface area contributed by atoms with E-state index >= 15 is 0 Å². The number of unbranched alkanes of at least 4 members (excludes halogenated alkanes) is 1. The number of benzene rings is 1. The first kappa shape index (κ1) is 13.7. The van der Waals surface area contributed by atoms with Crippen molar-refractivity contribution < 1.29 is 9.50 Å². The molecule has 1 N–H and O–H groups in total. The molecule has 1 aromatic carbocycles. The summed E-state index contributed by atoms with van der Waals surface area (Å²) in [5.74, 6) is -0.255. The van der Waals surface area contributed by atoms with Crippen LogP contribution in [0.5, 0.6) is 0 Å². The second-order valence-electron chi connectivity index (χ2n) is 4.53. The van der Waals surface area contributed by atoms with E-state index in [0.717, 1.165) is 30.5 Å². The maximum Gasteiger partial charge on any atom is 0.123 e. The highest BCUT2D eigenvalue weighted by Gasteiger charge is 2.12. The summed E-state index contributed by atoms with van der Waals surface area (Å²) in [6, 6.07) is 6.44. The maximum atomic E-state index is 13.2. The highest BCUT2D eigenvalue weighted by Crippen LogP contribution is 2.13. The number of halogens is 1. The fourth-order valence-corrected chi connectivity index (χ4v) is 2.04. The molecule has 19 heavy (non-hydrogen) atoms. The minimum atomic E-state index is -0.255. The van der Waals surface area contributed by atoms with Crippen molar-refractivity contribution in [3.8, 4) is 0 Å². The van der Waals surface area contributed by atoms with Crippen molar-refractivity contribution in [3.63, 3.8) is 0 Å². The summed E-state index contributed by atoms with van der Waals surface area (Å²) in [7, 11) is 0. The Bertz CT molecular complexity index is 539. The Kier molecular flexibility index (Phi) is 4.63. The number of aliphatic hydroxyl groups is 1. The molecule has 0 atom stereocenters. The predicted molar refractivity (Wildman–Crippen MR) is 70.1 cm³/mol. The van der Waals surface area contributed by atoms with E-state index in [1.165, 1.54) is 12.1 Å². The highest BCUT2D eigenvalue weighted by atomic mass is 19.1. The van der Waals surface area contributed by atoms with Gasteiger partial charge in [-0.1, -0.05) is 30.7 Å². The average molecular weight is 263 g/mol. The highest BCUT2D eigenvalue weighted by molar-refractivity contribution is 5.18. The fourth-order valence-electron chi connectivity index (χ4n) is 2.04. The summed E-state index contributed by atoms with van der Waals surface area (Å²) in [6.07, 6.45) is 2.91. The Balaban J connectivity index is 2.21. The lowest BCUT2D eigenvalue weighted by molar-refractivity contribution is 0.275. The van der Waals surface area contributed by atoms with Gasteiger partial charge in [0.25, 0.3) is 0 Å². The van der Waals surface area contributed by atoms with Crippen LogP contribution in [0, 0.1) is 5.82 Å². The maximum absolute atomic E-state index is 13.2. The third-order valence-electron chi connectivity index (χ3n) is 3.06. The Labute approximate surface area is 111 Å². The number of aliphatic hydroxyl groups excluding tert-OH is 1. The van der Waals surface area contributed by atoms with Gasteiger partial charge in [-0.25, -0.2) is 9.07 Å². The average Bonchev–Trinajstić information content (AvgIpc) is 2.78. The van der Waals surface area contributed by atoms with E-state index in [0.29, 0.717) is 12.2 Å². The van der Waals surface area contributed by atoms with E-state index in [4.69, 9.17) is 0 Å². The van der Waals surface area contributed by atoms with Crippen molar-refractivity contribution in [3.05, 3.63) is 47.0 Å². The molecule has 5 heteroatoms. The van der Waals surface area contributed by atoms with Crippen molar-refractivity contribution in [1.82, 2.24) is 15.0 Å². The van der Waals surface area contributed by atoms with Crippen molar-refractivity contribution in [2.24, 2.45) is 0 Å². The molecule has 102 valence electrons. The first-order chi connectivity index (χ1) is 9.24. The zero-order valence-corrected chi connectivity index (χ0v) is 11.0. The number of hydrogen-bond donors (Lipinski definition) is 1. The van der Waals surface area contributed by atoms with Crippen LogP contribution < -0.4 is 0 Å². The third kappa shape index (κ3) is 3.38. The van der Waals surface area contributed by atoms with Crippen LogP contribution in [0.4, 0.5) is 4.39 Å². The minimum Gasteiger partial charge on any atom is -0.390 e. The van der Waals surface area contributed by atoms with Crippen LogP contribution in [0.25, 0.3) is 0 Å². The molecule has 0 unspecified atom stereocenters. The van der Waals surface area contributed by atoms with Crippen LogP contribution in [0.3, 0.4) is 0 Å². The van der Waals surface area contributed by atoms with Crippen LogP contribution in [-0.2, 0) is 19.6 Å². The van der Waals surface area contributed by atoms with Crippen LogP contribution in [-0.4, -0.2) is 20.1 Å². The van der Waals surface area contributed by atoms with E-state index in [1.807, 2.05) is 6.07 Å². The second-order valence-corrected chi connectivity index (χ2v) is 4.53. The fraction of sp³-hybridized carbons (Fsp3) is 0.429. The molecule has 0 radical (unpaired) electrons. The molecular formula is C14H18FN3O. The van der Waals surface area contributed by atoms with E-state index in [1.54, 1.807) is 10.7 Å². The van der Waals surface area contributed by atoms with Crippen LogP contribution in [0.1, 0.15) is 36.7 Å². The Morgan fingerprint density at radius 2 is 2.21 bits per heavy atom. The van der Waals surface area contributed by atoms with Crippen molar-refractivity contribution in [1.29, 1.82) is 0 Å². The monoisotopic (exact) mass is 263 g/mol. The molecule has 0 aliphatic heterocycles. The Hall–Kier alpha value is -1.75. The van der Waals surface area contributed by atoms with Gasteiger partial charge >= 0.3 is 0 Å². The molecular weight excluding hydrogens is 245 g/mol. The first-order valence-electron chi connectivity index (χ1n) is 6.51. The first-order valence-corrected chi connectivity index (χ1v) is 6.51. The molecule has 0 fully saturated rings. The third-order valence-corrected chi connectivity index (χ3v) is 3.06. The quantitative estimate of drug-likeness (QED) is 0.870. The lowest BCUT2D eigenvalue weighted by Crippen LogP contribution is -2.08. The van der Waals surface area contributed by atoms with Gasteiger partial charge in [0.2, 0.25) is 0 Å². The van der Waals surface area contributed by atoms with Gasteiger partial charge in [-0.05, 0) is 30.5 Å². The molecule has 0 saturated carbocycles. The van der Waals surface area contributed by atoms with Crippen LogP contribution in [0.2, 0.25) is 0 Å². The summed E-state index contributed by atoms with van der Waals surface area (Å²) in [4.78, 5) is 0. The molecule has 2 aromatic rings. The van der Waals surface area contributed by atoms with Crippen LogP contribution >= 0.6 is 0 Å². The zero-order valence-electron chi connectivity index (χ0n) is 11.0. The smallest absolute Gasteiger partial charge is 0.123 e. The molecule has 0 bridgehead atoms. The van der Waals surface area contributed by atoms with Gasteiger partial charge in [0.15, 0.2) is 0 Å². The molecule has 0 aliphatic rings. The number of hydrogen-bond acceptors (Lipinski definition) is 3. The summed E-state index contributed by atoms with van der Waals surface area (Å²) in [5, 5.41) is 17.3. The number of nitrogens with zero attached hydrogens (tertiary/aromatic N) is 3. The zero-order chi connectivity index (χ0) is 13.7. The van der Waals surface area contributed by atoms with Gasteiger partial charge in [0.05, 0.1) is 18.8 Å². The summed E-state index contributed by atoms with van der Waals surface area (Å²) in [6.45, 7) is 2.48. The van der Waals surface area contributed by atoms with Gasteiger partial charge in [-0.2, -0.15) is 0 Å². The summed E-state index contributed by atoms with van der Waals surface area (Å²) < 4.78 is 14.9. The van der Waals surface area contributed by atoms with Crippen molar-refractivity contribution >= 4 is 0 Å². The molecule has 2 rings (SSSR count). The van der Waals surface area contributed by atoms with E-state index < -0.39 is 0 Å². The lowest BCUT2D eigenvalue weighted by atomic mass is 10.1. The van der Waals surface area contributed by atoms with Gasteiger partial charge < -0.3 is 5.11 Å². The van der Waals surface area contributed by atoms with Crippen molar-refractivity contribution in [2.45, 2.75) is 39.3 Å². The molecule has 1 aromatic heterocycles. The van der Waals surface area contributed by atoms with Crippen LogP contribution in [0.15, 0.2) is 24.3 Å². The molecule has 4 nitrogen and oxygen atoms in total. The summed E-state index contributed by atoms with van der Waals surface area (Å²) >= 11 is 0. The molecule has 0 spiro atoms. The predicted octanol–water partition coefficient (Wildman–Crippen LogP) is 2.30. The van der Waals surface area contributed by atoms with Gasteiger partial charge in [-0.15, -0.1) is 5.10 Å². The SMILES string of the molecule is CCCCc1c(CO)nnn1Cc1cccc(F)c1. The molecule has 0 saturated heterocycles. The molecule has 0 aliphatic carbocycles. The van der Waals surface area contributed by atoms with Gasteiger partial charge in [0, 0.05) is 0 Å². The Morgan fingerprint density at radius 1 is 1.37 bits per heavy atom. The standard InChI is InChI=1S/C14H18FN3O/c1-2-3-7-14-13(10-19)16-17-18(14)9-11-5-4-6-12(15)8-11/h4-6,8,19H,2-3,7,9-10H2,1H3. The van der Waals surface area contributed by atoms with Crippen molar-refractivity contribution in [2.75, 3.05) is 0 Å². The minimum absolute atomic E-state index is 0.109. The number of rotatable bonds is 6. The topological polar surface area (TPSA) is 50.9 Å².